The van der Waals surface area contributed by atoms with Crippen molar-refractivity contribution in [2.75, 3.05) is 5.32 Å². The molecule has 1 aromatic heterocycles. The summed E-state index contributed by atoms with van der Waals surface area (Å²) in [5.41, 5.74) is 0.572. The molecule has 0 aliphatic heterocycles. The van der Waals surface area contributed by atoms with Gasteiger partial charge in [-0.1, -0.05) is 50.7 Å². The maximum atomic E-state index is 14.0. The predicted octanol–water partition coefficient (Wildman–Crippen LogP) is 5.70. The minimum absolute atomic E-state index is 0.0657. The summed E-state index contributed by atoms with van der Waals surface area (Å²) < 4.78 is 28.6. The van der Waals surface area contributed by atoms with E-state index in [4.69, 9.17) is 12.2 Å². The molecule has 0 bridgehead atoms. The van der Waals surface area contributed by atoms with Gasteiger partial charge in [-0.25, -0.2) is 8.78 Å². The maximum Gasteiger partial charge on any atom is 0.248 e. The van der Waals surface area contributed by atoms with Crippen molar-refractivity contribution in [1.29, 1.82) is 0 Å². The van der Waals surface area contributed by atoms with E-state index in [9.17, 15) is 13.6 Å². The molecular formula is C19H26F2N2OS. The molecule has 2 atom stereocenters. The molecule has 1 unspecified atom stereocenters. The molecule has 0 spiro atoms. The smallest absolute Gasteiger partial charge is 0.248 e. The van der Waals surface area contributed by atoms with Gasteiger partial charge in [-0.15, -0.1) is 0 Å². The third-order valence-corrected chi connectivity index (χ3v) is 6.00. The molecule has 2 saturated carbocycles. The van der Waals surface area contributed by atoms with Crippen LogP contribution in [0.15, 0.2) is 18.3 Å². The zero-order chi connectivity index (χ0) is 17.9. The van der Waals surface area contributed by atoms with E-state index in [1.165, 1.54) is 12.8 Å². The van der Waals surface area contributed by atoms with Gasteiger partial charge in [0, 0.05) is 30.6 Å². The lowest BCUT2D eigenvalue weighted by molar-refractivity contribution is -0.134. The SMILES string of the molecule is O=C(Nc1cc[nH]c(=S)c1)[C@@H]1CC(F)(F)CCC1C1CCCCCC1. The lowest BCUT2D eigenvalue weighted by Gasteiger charge is -2.39. The first kappa shape index (κ1) is 18.5. The first-order valence-corrected chi connectivity index (χ1v) is 9.73. The zero-order valence-corrected chi connectivity index (χ0v) is 15.2. The second kappa shape index (κ2) is 7.94. The van der Waals surface area contributed by atoms with Gasteiger partial charge in [0.05, 0.1) is 0 Å². The number of halogens is 2. The number of aromatic amines is 1. The van der Waals surface area contributed by atoms with E-state index < -0.39 is 11.8 Å². The molecule has 25 heavy (non-hydrogen) atoms. The van der Waals surface area contributed by atoms with Gasteiger partial charge >= 0.3 is 0 Å². The predicted molar refractivity (Wildman–Crippen MR) is 97.2 cm³/mol. The van der Waals surface area contributed by atoms with Crippen LogP contribution in [0.4, 0.5) is 14.5 Å². The van der Waals surface area contributed by atoms with Gasteiger partial charge in [0.2, 0.25) is 11.8 Å². The summed E-state index contributed by atoms with van der Waals surface area (Å²) >= 11 is 5.06. The van der Waals surface area contributed by atoms with Gasteiger partial charge in [-0.3, -0.25) is 4.79 Å². The number of carbonyl (C=O) groups excluding carboxylic acids is 1. The van der Waals surface area contributed by atoms with E-state index in [-0.39, 0.29) is 24.7 Å². The number of amides is 1. The van der Waals surface area contributed by atoms with E-state index in [0.717, 1.165) is 25.7 Å². The topological polar surface area (TPSA) is 44.9 Å². The molecular weight excluding hydrogens is 342 g/mol. The zero-order valence-electron chi connectivity index (χ0n) is 14.4. The number of H-pyrrole nitrogens is 1. The van der Waals surface area contributed by atoms with Crippen molar-refractivity contribution in [3.8, 4) is 0 Å². The Hall–Kier alpha value is -1.30. The van der Waals surface area contributed by atoms with E-state index in [0.29, 0.717) is 22.7 Å². The average molecular weight is 368 g/mol. The summed E-state index contributed by atoms with van der Waals surface area (Å²) in [6.07, 6.45) is 8.55. The monoisotopic (exact) mass is 368 g/mol. The molecule has 3 rings (SSSR count). The normalized spacial score (nSPS) is 27.4. The van der Waals surface area contributed by atoms with Crippen LogP contribution in [0.3, 0.4) is 0 Å². The number of aromatic nitrogens is 1. The highest BCUT2D eigenvalue weighted by Crippen LogP contribution is 2.46. The fraction of sp³-hybridized carbons (Fsp3) is 0.684. The number of alkyl halides is 2. The number of rotatable bonds is 3. The summed E-state index contributed by atoms with van der Waals surface area (Å²) in [5.74, 6) is -3.18. The molecule has 6 heteroatoms. The molecule has 2 N–H and O–H groups in total. The van der Waals surface area contributed by atoms with Crippen LogP contribution in [0.25, 0.3) is 0 Å². The number of hydrogen-bond donors (Lipinski definition) is 2. The van der Waals surface area contributed by atoms with Crippen molar-refractivity contribution in [1.82, 2.24) is 4.98 Å². The second-order valence-electron chi connectivity index (χ2n) is 7.55. The van der Waals surface area contributed by atoms with Crippen molar-refractivity contribution < 1.29 is 13.6 Å². The van der Waals surface area contributed by atoms with Gasteiger partial charge in [-0.2, -0.15) is 0 Å². The molecule has 1 aromatic rings. The van der Waals surface area contributed by atoms with Crippen molar-refractivity contribution in [2.45, 2.75) is 63.7 Å². The van der Waals surface area contributed by atoms with Gasteiger partial charge in [0.25, 0.3) is 0 Å². The Morgan fingerprint density at radius 1 is 1.20 bits per heavy atom. The Kier molecular flexibility index (Phi) is 5.87. The minimum Gasteiger partial charge on any atom is -0.353 e. The lowest BCUT2D eigenvalue weighted by atomic mass is 9.68. The molecule has 2 fully saturated rings. The van der Waals surface area contributed by atoms with Crippen molar-refractivity contribution in [3.63, 3.8) is 0 Å². The average Bonchev–Trinajstić information content (AvgIpc) is 2.83. The summed E-state index contributed by atoms with van der Waals surface area (Å²) in [6.45, 7) is 0. The van der Waals surface area contributed by atoms with Crippen LogP contribution in [-0.2, 0) is 4.79 Å². The van der Waals surface area contributed by atoms with Crippen molar-refractivity contribution in [3.05, 3.63) is 23.0 Å². The number of carbonyl (C=O) groups is 1. The first-order chi connectivity index (χ1) is 11.9. The Balaban J connectivity index is 1.77. The molecule has 3 nitrogen and oxygen atoms in total. The molecule has 0 radical (unpaired) electrons. The quantitative estimate of drug-likeness (QED) is 0.530. The number of hydrogen-bond acceptors (Lipinski definition) is 2. The van der Waals surface area contributed by atoms with Gasteiger partial charge < -0.3 is 10.3 Å². The van der Waals surface area contributed by atoms with E-state index in [1.807, 2.05) is 0 Å². The lowest BCUT2D eigenvalue weighted by Crippen LogP contribution is -2.42. The van der Waals surface area contributed by atoms with Crippen LogP contribution in [0.5, 0.6) is 0 Å². The van der Waals surface area contributed by atoms with E-state index in [1.54, 1.807) is 18.3 Å². The van der Waals surface area contributed by atoms with Gasteiger partial charge in [-0.05, 0) is 30.4 Å². The summed E-state index contributed by atoms with van der Waals surface area (Å²) in [7, 11) is 0. The maximum absolute atomic E-state index is 14.0. The van der Waals surface area contributed by atoms with Crippen LogP contribution < -0.4 is 5.32 Å². The Morgan fingerprint density at radius 2 is 1.92 bits per heavy atom. The fourth-order valence-electron chi connectivity index (χ4n) is 4.50. The fourth-order valence-corrected chi connectivity index (χ4v) is 4.70. The van der Waals surface area contributed by atoms with Crippen LogP contribution in [-0.4, -0.2) is 16.8 Å². The number of nitrogens with one attached hydrogen (secondary N) is 2. The van der Waals surface area contributed by atoms with Crippen LogP contribution in [0, 0.1) is 22.4 Å². The van der Waals surface area contributed by atoms with E-state index in [2.05, 4.69) is 10.3 Å². The standard InChI is InChI=1S/C19H26F2N2OS/c20-19(21)9-7-15(13-5-3-1-2-4-6-13)16(12-19)18(24)23-14-8-10-22-17(25)11-14/h8,10-11,13,15-16H,1-7,9,12H2,(H2,22,23,24,25)/t15?,16-/m1/s1. The number of pyridine rings is 1. The molecule has 2 aliphatic rings. The molecule has 138 valence electrons. The highest BCUT2D eigenvalue weighted by molar-refractivity contribution is 7.71. The Labute approximate surface area is 152 Å². The number of anilines is 1. The minimum atomic E-state index is -2.74. The highest BCUT2D eigenvalue weighted by Gasteiger charge is 2.46. The van der Waals surface area contributed by atoms with Gasteiger partial charge in [0.1, 0.15) is 4.64 Å². The Morgan fingerprint density at radius 3 is 2.60 bits per heavy atom. The highest BCUT2D eigenvalue weighted by atomic mass is 32.1. The molecule has 1 amide bonds. The van der Waals surface area contributed by atoms with Crippen molar-refractivity contribution in [2.24, 2.45) is 17.8 Å². The largest absolute Gasteiger partial charge is 0.353 e. The van der Waals surface area contributed by atoms with E-state index >= 15 is 0 Å². The third-order valence-electron chi connectivity index (χ3n) is 5.76. The van der Waals surface area contributed by atoms with Gasteiger partial charge in [0.15, 0.2) is 0 Å². The van der Waals surface area contributed by atoms with Crippen LogP contribution in [0.2, 0.25) is 0 Å². The molecule has 0 aromatic carbocycles. The second-order valence-corrected chi connectivity index (χ2v) is 7.99. The summed E-state index contributed by atoms with van der Waals surface area (Å²) in [5, 5.41) is 2.82. The summed E-state index contributed by atoms with van der Waals surface area (Å²) in [6, 6.07) is 3.35. The Bertz CT molecular complexity index is 653. The molecule has 2 aliphatic carbocycles. The molecule has 0 saturated heterocycles. The van der Waals surface area contributed by atoms with Crippen LogP contribution in [0.1, 0.15) is 57.8 Å². The van der Waals surface area contributed by atoms with Crippen LogP contribution >= 0.6 is 12.2 Å². The third kappa shape index (κ3) is 4.87. The summed E-state index contributed by atoms with van der Waals surface area (Å²) in [4.78, 5) is 15.7. The first-order valence-electron chi connectivity index (χ1n) is 9.32. The van der Waals surface area contributed by atoms with Crippen molar-refractivity contribution >= 4 is 23.8 Å². The molecule has 1 heterocycles.